The molecule has 2 rings (SSSR count). The number of ether oxygens (including phenoxy) is 2. The van der Waals surface area contributed by atoms with Crippen molar-refractivity contribution in [3.8, 4) is 11.5 Å². The van der Waals surface area contributed by atoms with E-state index in [9.17, 15) is 13.2 Å². The lowest BCUT2D eigenvalue weighted by Crippen LogP contribution is -2.32. The van der Waals surface area contributed by atoms with Crippen molar-refractivity contribution >= 4 is 21.6 Å². The molecule has 2 aromatic rings. The van der Waals surface area contributed by atoms with E-state index >= 15 is 0 Å². The number of nitrogens with zero attached hydrogens (tertiary/aromatic N) is 1. The molecule has 0 aromatic heterocycles. The number of anilines is 1. The fraction of sp³-hybridized carbons (Fsp3) is 0.350. The van der Waals surface area contributed by atoms with Gasteiger partial charge in [-0.3, -0.25) is 9.10 Å². The van der Waals surface area contributed by atoms with Gasteiger partial charge in [-0.1, -0.05) is 30.3 Å². The van der Waals surface area contributed by atoms with E-state index in [1.165, 1.54) is 11.4 Å². The third-order valence-electron chi connectivity index (χ3n) is 4.19. The summed E-state index contributed by atoms with van der Waals surface area (Å²) in [7, 11) is -0.435. The molecule has 0 saturated carbocycles. The lowest BCUT2D eigenvalue weighted by atomic mass is 10.2. The number of amides is 1. The normalized spacial score (nSPS) is 11.0. The van der Waals surface area contributed by atoms with Crippen molar-refractivity contribution in [2.24, 2.45) is 0 Å². The highest BCUT2D eigenvalue weighted by molar-refractivity contribution is 7.92. The maximum absolute atomic E-state index is 12.2. The number of methoxy groups -OCH3 is 2. The highest BCUT2D eigenvalue weighted by Crippen LogP contribution is 2.29. The Morgan fingerprint density at radius 2 is 1.61 bits per heavy atom. The molecule has 28 heavy (non-hydrogen) atoms. The largest absolute Gasteiger partial charge is 0.496 e. The molecule has 0 fully saturated rings. The molecular formula is C20H26N2O5S. The predicted octanol–water partition coefficient (Wildman–Crippen LogP) is 2.57. The molecule has 0 spiro atoms. The van der Waals surface area contributed by atoms with E-state index in [4.69, 9.17) is 9.47 Å². The summed E-state index contributed by atoms with van der Waals surface area (Å²) in [4.78, 5) is 12.2. The fourth-order valence-corrected chi connectivity index (χ4v) is 3.78. The molecule has 0 aliphatic carbocycles. The lowest BCUT2D eigenvalue weighted by molar-refractivity contribution is -0.121. The summed E-state index contributed by atoms with van der Waals surface area (Å²) in [5.41, 5.74) is 1.34. The van der Waals surface area contributed by atoms with Crippen LogP contribution in [0.5, 0.6) is 11.5 Å². The number of carbonyl (C=O) groups excluding carboxylic acids is 1. The molecule has 2 aromatic carbocycles. The first-order valence-corrected chi connectivity index (χ1v) is 10.7. The van der Waals surface area contributed by atoms with Gasteiger partial charge in [0.05, 0.1) is 26.2 Å². The lowest BCUT2D eigenvalue weighted by Gasteiger charge is -2.24. The Morgan fingerprint density at radius 1 is 1.00 bits per heavy atom. The quantitative estimate of drug-likeness (QED) is 0.656. The van der Waals surface area contributed by atoms with E-state index in [1.54, 1.807) is 31.4 Å². The monoisotopic (exact) mass is 406 g/mol. The summed E-state index contributed by atoms with van der Waals surface area (Å²) >= 11 is 0. The van der Waals surface area contributed by atoms with Crippen LogP contribution in [-0.4, -0.2) is 41.3 Å². The van der Waals surface area contributed by atoms with Gasteiger partial charge in [0, 0.05) is 25.1 Å². The summed E-state index contributed by atoms with van der Waals surface area (Å²) in [5.74, 6) is 1.02. The SMILES string of the molecule is COc1ccccc1CNC(=O)CCCN(c1ccccc1OC)S(C)(=O)=O. The number of para-hydroxylation sites is 3. The molecule has 0 heterocycles. The summed E-state index contributed by atoms with van der Waals surface area (Å²) in [5, 5.41) is 2.84. The van der Waals surface area contributed by atoms with Crippen LogP contribution in [0.4, 0.5) is 5.69 Å². The number of benzene rings is 2. The van der Waals surface area contributed by atoms with Crippen LogP contribution in [0.1, 0.15) is 18.4 Å². The molecule has 152 valence electrons. The molecule has 0 bridgehead atoms. The number of hydrogen-bond acceptors (Lipinski definition) is 5. The number of hydrogen-bond donors (Lipinski definition) is 1. The van der Waals surface area contributed by atoms with Gasteiger partial charge in [0.2, 0.25) is 15.9 Å². The van der Waals surface area contributed by atoms with Gasteiger partial charge in [0.1, 0.15) is 11.5 Å². The van der Waals surface area contributed by atoms with Crippen molar-refractivity contribution in [1.29, 1.82) is 0 Å². The minimum absolute atomic E-state index is 0.153. The molecule has 1 N–H and O–H groups in total. The summed E-state index contributed by atoms with van der Waals surface area (Å²) in [6, 6.07) is 14.4. The third-order valence-corrected chi connectivity index (χ3v) is 5.37. The Hall–Kier alpha value is -2.74. The maximum Gasteiger partial charge on any atom is 0.232 e. The van der Waals surface area contributed by atoms with E-state index in [0.717, 1.165) is 11.8 Å². The average molecular weight is 407 g/mol. The second-order valence-corrected chi connectivity index (χ2v) is 8.11. The molecule has 0 aliphatic rings. The maximum atomic E-state index is 12.2. The number of nitrogens with one attached hydrogen (secondary N) is 1. The van der Waals surface area contributed by atoms with Gasteiger partial charge in [0.25, 0.3) is 0 Å². The summed E-state index contributed by atoms with van der Waals surface area (Å²) < 4.78 is 36.2. The van der Waals surface area contributed by atoms with Crippen LogP contribution >= 0.6 is 0 Å². The van der Waals surface area contributed by atoms with E-state index in [0.29, 0.717) is 30.2 Å². The van der Waals surface area contributed by atoms with Crippen LogP contribution < -0.4 is 19.1 Å². The number of carbonyl (C=O) groups is 1. The highest BCUT2D eigenvalue weighted by atomic mass is 32.2. The minimum atomic E-state index is -3.51. The number of rotatable bonds is 10. The molecule has 0 saturated heterocycles. The molecule has 0 radical (unpaired) electrons. The topological polar surface area (TPSA) is 84.9 Å². The Labute approximate surface area is 166 Å². The summed E-state index contributed by atoms with van der Waals surface area (Å²) in [6.45, 7) is 0.534. The van der Waals surface area contributed by atoms with Crippen molar-refractivity contribution in [3.63, 3.8) is 0 Å². The van der Waals surface area contributed by atoms with Gasteiger partial charge in [-0.25, -0.2) is 8.42 Å². The van der Waals surface area contributed by atoms with Crippen LogP contribution in [0.3, 0.4) is 0 Å². The van der Waals surface area contributed by atoms with Crippen molar-refractivity contribution in [1.82, 2.24) is 5.32 Å². The van der Waals surface area contributed by atoms with Crippen LogP contribution in [-0.2, 0) is 21.4 Å². The minimum Gasteiger partial charge on any atom is -0.496 e. The molecule has 1 amide bonds. The van der Waals surface area contributed by atoms with Gasteiger partial charge >= 0.3 is 0 Å². The first-order valence-electron chi connectivity index (χ1n) is 8.86. The van der Waals surface area contributed by atoms with Gasteiger partial charge in [0.15, 0.2) is 0 Å². The molecule has 7 nitrogen and oxygen atoms in total. The van der Waals surface area contributed by atoms with Crippen molar-refractivity contribution in [2.45, 2.75) is 19.4 Å². The molecule has 0 atom stereocenters. The van der Waals surface area contributed by atoms with Gasteiger partial charge in [-0.15, -0.1) is 0 Å². The third kappa shape index (κ3) is 5.88. The Morgan fingerprint density at radius 3 is 2.25 bits per heavy atom. The average Bonchev–Trinajstić information content (AvgIpc) is 2.69. The number of sulfonamides is 1. The van der Waals surface area contributed by atoms with Gasteiger partial charge in [-0.2, -0.15) is 0 Å². The first-order chi connectivity index (χ1) is 13.4. The summed E-state index contributed by atoms with van der Waals surface area (Å²) in [6.07, 6.45) is 1.72. The Kier molecular flexibility index (Phi) is 7.69. The smallest absolute Gasteiger partial charge is 0.232 e. The predicted molar refractivity (Wildman–Crippen MR) is 109 cm³/mol. The van der Waals surface area contributed by atoms with Crippen molar-refractivity contribution < 1.29 is 22.7 Å². The van der Waals surface area contributed by atoms with E-state index in [2.05, 4.69) is 5.32 Å². The van der Waals surface area contributed by atoms with Gasteiger partial charge in [-0.05, 0) is 24.6 Å². The molecule has 0 aliphatic heterocycles. The molecule has 0 unspecified atom stereocenters. The van der Waals surface area contributed by atoms with E-state index < -0.39 is 10.0 Å². The van der Waals surface area contributed by atoms with Crippen LogP contribution in [0.15, 0.2) is 48.5 Å². The Balaban J connectivity index is 1.94. The zero-order chi connectivity index (χ0) is 20.6. The first kappa shape index (κ1) is 21.6. The van der Waals surface area contributed by atoms with E-state index in [-0.39, 0.29) is 18.9 Å². The van der Waals surface area contributed by atoms with Crippen LogP contribution in [0.25, 0.3) is 0 Å². The molecular weight excluding hydrogens is 380 g/mol. The zero-order valence-corrected chi connectivity index (χ0v) is 17.2. The van der Waals surface area contributed by atoms with Crippen LogP contribution in [0.2, 0.25) is 0 Å². The standard InChI is InChI=1S/C20H26N2O5S/c1-26-18-11-6-4-9-16(18)15-21-20(23)13-8-14-22(28(3,24)25)17-10-5-7-12-19(17)27-2/h4-7,9-12H,8,13-15H2,1-3H3,(H,21,23). The highest BCUT2D eigenvalue weighted by Gasteiger charge is 2.20. The van der Waals surface area contributed by atoms with Crippen molar-refractivity contribution in [3.05, 3.63) is 54.1 Å². The second-order valence-electron chi connectivity index (χ2n) is 6.20. The van der Waals surface area contributed by atoms with Gasteiger partial charge < -0.3 is 14.8 Å². The second kappa shape index (κ2) is 9.98. The van der Waals surface area contributed by atoms with Crippen LogP contribution in [0, 0.1) is 0 Å². The van der Waals surface area contributed by atoms with Crippen molar-refractivity contribution in [2.75, 3.05) is 31.3 Å². The zero-order valence-electron chi connectivity index (χ0n) is 16.3. The fourth-order valence-electron chi connectivity index (χ4n) is 2.82. The van der Waals surface area contributed by atoms with E-state index in [1.807, 2.05) is 24.3 Å². The Bertz CT molecular complexity index is 899. The molecule has 8 heteroatoms.